The molecule has 0 aliphatic carbocycles. The van der Waals surface area contributed by atoms with E-state index in [1.54, 1.807) is 0 Å². The van der Waals surface area contributed by atoms with Crippen molar-refractivity contribution in [3.63, 3.8) is 0 Å². The van der Waals surface area contributed by atoms with E-state index >= 15 is 0 Å². The SMILES string of the molecule is Cc1ccccc1CNC(=O)C(C)N(C)Cc1c(C)nn(-c2ccccc2)c1C. The van der Waals surface area contributed by atoms with Crippen molar-refractivity contribution in [2.75, 3.05) is 7.05 Å². The first-order valence-electron chi connectivity index (χ1n) is 10.0. The van der Waals surface area contributed by atoms with Crippen molar-refractivity contribution in [3.8, 4) is 5.69 Å². The van der Waals surface area contributed by atoms with Crippen LogP contribution in [0.25, 0.3) is 5.69 Å². The summed E-state index contributed by atoms with van der Waals surface area (Å²) in [5.41, 5.74) is 6.64. The molecular weight excluding hydrogens is 360 g/mol. The van der Waals surface area contributed by atoms with Crippen LogP contribution in [0.2, 0.25) is 0 Å². The second-order valence-electron chi connectivity index (χ2n) is 7.63. The summed E-state index contributed by atoms with van der Waals surface area (Å²) in [6.45, 7) is 9.33. The lowest BCUT2D eigenvalue weighted by Crippen LogP contribution is -2.42. The number of aromatic nitrogens is 2. The maximum atomic E-state index is 12.7. The molecule has 29 heavy (non-hydrogen) atoms. The number of nitrogens with zero attached hydrogens (tertiary/aromatic N) is 3. The Morgan fingerprint density at radius 2 is 1.72 bits per heavy atom. The van der Waals surface area contributed by atoms with E-state index in [0.717, 1.165) is 28.2 Å². The lowest BCUT2D eigenvalue weighted by atomic mass is 10.1. The average molecular weight is 391 g/mol. The minimum atomic E-state index is -0.238. The fourth-order valence-electron chi connectivity index (χ4n) is 3.45. The first-order valence-corrected chi connectivity index (χ1v) is 10.0. The van der Waals surface area contributed by atoms with E-state index in [1.165, 1.54) is 5.56 Å². The number of carbonyl (C=O) groups is 1. The van der Waals surface area contributed by atoms with Gasteiger partial charge in [0.25, 0.3) is 0 Å². The molecule has 0 radical (unpaired) electrons. The zero-order chi connectivity index (χ0) is 21.0. The molecule has 1 heterocycles. The van der Waals surface area contributed by atoms with Crippen LogP contribution in [-0.2, 0) is 17.9 Å². The second kappa shape index (κ2) is 9.05. The Kier molecular flexibility index (Phi) is 6.49. The molecule has 0 saturated carbocycles. The highest BCUT2D eigenvalue weighted by atomic mass is 16.2. The number of amides is 1. The minimum absolute atomic E-state index is 0.0292. The summed E-state index contributed by atoms with van der Waals surface area (Å²) in [5, 5.41) is 7.78. The number of hydrogen-bond acceptors (Lipinski definition) is 3. The summed E-state index contributed by atoms with van der Waals surface area (Å²) in [6, 6.07) is 18.0. The molecule has 0 bridgehead atoms. The van der Waals surface area contributed by atoms with E-state index in [2.05, 4.69) is 48.3 Å². The molecule has 2 aromatic carbocycles. The topological polar surface area (TPSA) is 50.2 Å². The van der Waals surface area contributed by atoms with Crippen LogP contribution in [-0.4, -0.2) is 33.7 Å². The highest BCUT2D eigenvalue weighted by Crippen LogP contribution is 2.20. The van der Waals surface area contributed by atoms with Gasteiger partial charge in [-0.3, -0.25) is 9.69 Å². The number of nitrogens with one attached hydrogen (secondary N) is 1. The molecule has 152 valence electrons. The predicted molar refractivity (Wildman–Crippen MR) is 117 cm³/mol. The van der Waals surface area contributed by atoms with Crippen LogP contribution in [0.15, 0.2) is 54.6 Å². The Morgan fingerprint density at radius 3 is 2.41 bits per heavy atom. The molecule has 3 aromatic rings. The van der Waals surface area contributed by atoms with Gasteiger partial charge in [-0.2, -0.15) is 5.10 Å². The fourth-order valence-corrected chi connectivity index (χ4v) is 3.45. The molecule has 1 N–H and O–H groups in total. The highest BCUT2D eigenvalue weighted by Gasteiger charge is 2.21. The summed E-state index contributed by atoms with van der Waals surface area (Å²) >= 11 is 0. The van der Waals surface area contributed by atoms with Crippen molar-refractivity contribution in [2.24, 2.45) is 0 Å². The van der Waals surface area contributed by atoms with E-state index in [1.807, 2.05) is 55.9 Å². The summed E-state index contributed by atoms with van der Waals surface area (Å²) in [6.07, 6.45) is 0. The molecule has 0 saturated heterocycles. The van der Waals surface area contributed by atoms with Crippen LogP contribution in [0.5, 0.6) is 0 Å². The van der Waals surface area contributed by atoms with E-state index in [4.69, 9.17) is 5.10 Å². The summed E-state index contributed by atoms with van der Waals surface area (Å²) < 4.78 is 1.97. The smallest absolute Gasteiger partial charge is 0.237 e. The molecule has 5 nitrogen and oxygen atoms in total. The first kappa shape index (κ1) is 20.8. The third kappa shape index (κ3) is 4.74. The molecular formula is C24H30N4O. The molecule has 1 amide bonds. The van der Waals surface area contributed by atoms with Gasteiger partial charge in [-0.05, 0) is 58.0 Å². The normalized spacial score (nSPS) is 12.2. The monoisotopic (exact) mass is 390 g/mol. The van der Waals surface area contributed by atoms with Crippen molar-refractivity contribution in [2.45, 2.75) is 46.8 Å². The molecule has 0 spiro atoms. The van der Waals surface area contributed by atoms with Gasteiger partial charge in [-0.25, -0.2) is 4.68 Å². The van der Waals surface area contributed by atoms with Crippen LogP contribution in [0.1, 0.15) is 35.0 Å². The van der Waals surface area contributed by atoms with Crippen LogP contribution in [0.4, 0.5) is 0 Å². The van der Waals surface area contributed by atoms with Gasteiger partial charge in [0.05, 0.1) is 17.4 Å². The fraction of sp³-hybridized carbons (Fsp3) is 0.333. The van der Waals surface area contributed by atoms with Crippen molar-refractivity contribution in [1.82, 2.24) is 20.0 Å². The number of benzene rings is 2. The van der Waals surface area contributed by atoms with Crippen LogP contribution < -0.4 is 5.32 Å². The number of carbonyl (C=O) groups excluding carboxylic acids is 1. The zero-order valence-corrected chi connectivity index (χ0v) is 17.9. The molecule has 0 aliphatic heterocycles. The van der Waals surface area contributed by atoms with Gasteiger partial charge in [-0.1, -0.05) is 42.5 Å². The van der Waals surface area contributed by atoms with Gasteiger partial charge < -0.3 is 5.32 Å². The standard InChI is InChI=1S/C24H30N4O/c1-17-11-9-10-12-21(17)15-25-24(29)20(4)27(5)16-23-18(2)26-28(19(23)3)22-13-7-6-8-14-22/h6-14,20H,15-16H2,1-5H3,(H,25,29). The first-order chi connectivity index (χ1) is 13.9. The van der Waals surface area contributed by atoms with Crippen molar-refractivity contribution >= 4 is 5.91 Å². The molecule has 3 rings (SSSR count). The number of likely N-dealkylation sites (N-methyl/N-ethyl adjacent to an activating group) is 1. The molecule has 0 fully saturated rings. The van der Waals surface area contributed by atoms with Gasteiger partial charge in [0.15, 0.2) is 0 Å². The average Bonchev–Trinajstić information content (AvgIpc) is 3.01. The van der Waals surface area contributed by atoms with Crippen molar-refractivity contribution in [3.05, 3.63) is 82.7 Å². The molecule has 1 atom stereocenters. The largest absolute Gasteiger partial charge is 0.351 e. The minimum Gasteiger partial charge on any atom is -0.351 e. The third-order valence-corrected chi connectivity index (χ3v) is 5.60. The Bertz CT molecular complexity index is 978. The number of para-hydroxylation sites is 1. The summed E-state index contributed by atoms with van der Waals surface area (Å²) in [4.78, 5) is 14.8. The number of hydrogen-bond donors (Lipinski definition) is 1. The Morgan fingerprint density at radius 1 is 1.07 bits per heavy atom. The molecule has 0 aliphatic rings. The van der Waals surface area contributed by atoms with Gasteiger partial charge in [0.1, 0.15) is 0 Å². The molecule has 1 aromatic heterocycles. The van der Waals surface area contributed by atoms with Crippen LogP contribution in [0, 0.1) is 20.8 Å². The number of aryl methyl sites for hydroxylation is 2. The van der Waals surface area contributed by atoms with Crippen molar-refractivity contribution < 1.29 is 4.79 Å². The van der Waals surface area contributed by atoms with E-state index in [0.29, 0.717) is 13.1 Å². The maximum absolute atomic E-state index is 12.7. The molecule has 5 heteroatoms. The van der Waals surface area contributed by atoms with Gasteiger partial charge in [0, 0.05) is 24.3 Å². The zero-order valence-electron chi connectivity index (χ0n) is 17.9. The van der Waals surface area contributed by atoms with Gasteiger partial charge in [0.2, 0.25) is 5.91 Å². The Balaban J connectivity index is 1.66. The van der Waals surface area contributed by atoms with Gasteiger partial charge in [-0.15, -0.1) is 0 Å². The maximum Gasteiger partial charge on any atom is 0.237 e. The summed E-state index contributed by atoms with van der Waals surface area (Å²) in [7, 11) is 1.98. The van der Waals surface area contributed by atoms with E-state index < -0.39 is 0 Å². The number of rotatable bonds is 7. The highest BCUT2D eigenvalue weighted by molar-refractivity contribution is 5.81. The lowest BCUT2D eigenvalue weighted by Gasteiger charge is -2.24. The van der Waals surface area contributed by atoms with Gasteiger partial charge >= 0.3 is 0 Å². The van der Waals surface area contributed by atoms with E-state index in [-0.39, 0.29) is 11.9 Å². The third-order valence-electron chi connectivity index (χ3n) is 5.60. The Labute approximate surface area is 173 Å². The van der Waals surface area contributed by atoms with Crippen LogP contribution >= 0.6 is 0 Å². The van der Waals surface area contributed by atoms with Crippen LogP contribution in [0.3, 0.4) is 0 Å². The molecule has 1 unspecified atom stereocenters. The summed E-state index contributed by atoms with van der Waals surface area (Å²) in [5.74, 6) is 0.0292. The quantitative estimate of drug-likeness (QED) is 0.665. The van der Waals surface area contributed by atoms with E-state index in [9.17, 15) is 4.79 Å². The Hall–Kier alpha value is -2.92. The second-order valence-corrected chi connectivity index (χ2v) is 7.63. The van der Waals surface area contributed by atoms with Crippen molar-refractivity contribution in [1.29, 1.82) is 0 Å². The lowest BCUT2D eigenvalue weighted by molar-refractivity contribution is -0.125. The predicted octanol–water partition coefficient (Wildman–Crippen LogP) is 3.93.